The van der Waals surface area contributed by atoms with E-state index in [4.69, 9.17) is 0 Å². The average molecular weight is 539 g/mol. The Kier molecular flexibility index (Phi) is 10.8. The Morgan fingerprint density at radius 2 is 1.32 bits per heavy atom. The summed E-state index contributed by atoms with van der Waals surface area (Å²) < 4.78 is 0. The number of pyridine rings is 1. The van der Waals surface area contributed by atoms with Crippen molar-refractivity contribution in [1.29, 1.82) is 0 Å². The van der Waals surface area contributed by atoms with E-state index in [1.807, 2.05) is 42.7 Å². The van der Waals surface area contributed by atoms with E-state index in [0.29, 0.717) is 6.54 Å². The Labute approximate surface area is 241 Å². The minimum atomic E-state index is 0.0240. The van der Waals surface area contributed by atoms with Crippen LogP contribution in [-0.4, -0.2) is 53.4 Å². The number of rotatable bonds is 12. The number of carbonyl (C=O) groups excluding carboxylic acids is 1. The van der Waals surface area contributed by atoms with Gasteiger partial charge in [0.25, 0.3) is 5.91 Å². The Balaban J connectivity index is 0.953. The van der Waals surface area contributed by atoms with Crippen LogP contribution in [0.1, 0.15) is 72.0 Å². The Bertz CT molecular complexity index is 1150. The van der Waals surface area contributed by atoms with Crippen molar-refractivity contribution >= 4 is 5.91 Å². The molecular weight excluding hydrogens is 492 g/mol. The van der Waals surface area contributed by atoms with Gasteiger partial charge in [-0.05, 0) is 111 Å². The Morgan fingerprint density at radius 3 is 1.98 bits per heavy atom. The van der Waals surface area contributed by atoms with Crippen molar-refractivity contribution in [3.8, 4) is 0 Å². The molecule has 2 saturated heterocycles. The van der Waals surface area contributed by atoms with Crippen LogP contribution >= 0.6 is 0 Å². The molecule has 0 spiro atoms. The number of piperidine rings is 2. The maximum absolute atomic E-state index is 12.7. The second-order valence-corrected chi connectivity index (χ2v) is 11.9. The van der Waals surface area contributed by atoms with Crippen LogP contribution in [0.2, 0.25) is 0 Å². The summed E-state index contributed by atoms with van der Waals surface area (Å²) in [6.45, 7) is 7.49. The van der Waals surface area contributed by atoms with Crippen LogP contribution in [0.4, 0.5) is 0 Å². The third-order valence-corrected chi connectivity index (χ3v) is 8.93. The molecular formula is C35H46N4O. The summed E-state index contributed by atoms with van der Waals surface area (Å²) in [7, 11) is 0. The molecule has 0 saturated carbocycles. The maximum Gasteiger partial charge on any atom is 0.251 e. The van der Waals surface area contributed by atoms with Crippen molar-refractivity contribution in [3.05, 3.63) is 101 Å². The summed E-state index contributed by atoms with van der Waals surface area (Å²) in [6.07, 6.45) is 14.2. The third kappa shape index (κ3) is 9.00. The third-order valence-electron chi connectivity index (χ3n) is 8.93. The first-order valence-electron chi connectivity index (χ1n) is 15.5. The van der Waals surface area contributed by atoms with Crippen molar-refractivity contribution < 1.29 is 4.79 Å². The normalized spacial score (nSPS) is 17.6. The molecule has 5 nitrogen and oxygen atoms in total. The molecule has 3 aromatic rings. The molecule has 0 aliphatic carbocycles. The molecule has 0 radical (unpaired) electrons. The molecule has 5 heteroatoms. The van der Waals surface area contributed by atoms with Gasteiger partial charge in [0, 0.05) is 37.6 Å². The molecule has 2 aliphatic rings. The first kappa shape index (κ1) is 28.5. The highest BCUT2D eigenvalue weighted by Crippen LogP contribution is 2.28. The molecule has 0 unspecified atom stereocenters. The Hall–Kier alpha value is -3.02. The number of likely N-dealkylation sites (tertiary alicyclic amines) is 2. The van der Waals surface area contributed by atoms with E-state index >= 15 is 0 Å². The van der Waals surface area contributed by atoms with Crippen LogP contribution in [0.3, 0.4) is 0 Å². The van der Waals surface area contributed by atoms with E-state index in [1.54, 1.807) is 0 Å². The largest absolute Gasteiger partial charge is 0.352 e. The summed E-state index contributed by atoms with van der Waals surface area (Å²) in [6, 6.07) is 22.8. The first-order valence-corrected chi connectivity index (χ1v) is 15.5. The first-order chi connectivity index (χ1) is 19.7. The van der Waals surface area contributed by atoms with E-state index < -0.39 is 0 Å². The van der Waals surface area contributed by atoms with Crippen LogP contribution in [0.25, 0.3) is 0 Å². The maximum atomic E-state index is 12.7. The topological polar surface area (TPSA) is 48.5 Å². The summed E-state index contributed by atoms with van der Waals surface area (Å²) in [5.41, 5.74) is 4.64. The van der Waals surface area contributed by atoms with Crippen LogP contribution < -0.4 is 5.32 Å². The second-order valence-electron chi connectivity index (χ2n) is 11.9. The van der Waals surface area contributed by atoms with Gasteiger partial charge in [-0.25, -0.2) is 0 Å². The lowest BCUT2D eigenvalue weighted by Gasteiger charge is -2.33. The quantitative estimate of drug-likeness (QED) is 0.292. The molecule has 40 heavy (non-hydrogen) atoms. The molecule has 0 bridgehead atoms. The van der Waals surface area contributed by atoms with E-state index in [9.17, 15) is 4.79 Å². The number of nitrogens with zero attached hydrogens (tertiary/aromatic N) is 3. The van der Waals surface area contributed by atoms with E-state index in [-0.39, 0.29) is 5.91 Å². The van der Waals surface area contributed by atoms with Gasteiger partial charge in [0.15, 0.2) is 0 Å². The highest BCUT2D eigenvalue weighted by Gasteiger charge is 2.22. The van der Waals surface area contributed by atoms with Gasteiger partial charge in [-0.15, -0.1) is 0 Å². The zero-order valence-electron chi connectivity index (χ0n) is 24.0. The minimum absolute atomic E-state index is 0.0240. The highest BCUT2D eigenvalue weighted by atomic mass is 16.1. The fraction of sp³-hybridized carbons (Fsp3) is 0.486. The standard InChI is InChI=1S/C35H46N4O/c40-35(37-21-14-29-6-2-1-3-7-29)34-11-5-10-33(26-34)28-39-24-17-31(18-25-39)9-4-8-30-15-22-38(23-16-30)27-32-12-19-36-20-13-32/h1-3,5-7,10-13,19-20,26,30-31H,4,8-9,14-18,21-25,27-28H2,(H,37,40). The van der Waals surface area contributed by atoms with Gasteiger partial charge in [0.1, 0.15) is 0 Å². The number of amides is 1. The molecule has 5 rings (SSSR count). The van der Waals surface area contributed by atoms with Crippen molar-refractivity contribution in [2.24, 2.45) is 11.8 Å². The van der Waals surface area contributed by atoms with Crippen LogP contribution in [0.15, 0.2) is 79.1 Å². The van der Waals surface area contributed by atoms with Gasteiger partial charge in [0.05, 0.1) is 0 Å². The predicted molar refractivity (Wildman–Crippen MR) is 163 cm³/mol. The van der Waals surface area contributed by atoms with Gasteiger partial charge >= 0.3 is 0 Å². The molecule has 1 N–H and O–H groups in total. The Morgan fingerprint density at radius 1 is 0.725 bits per heavy atom. The number of aromatic nitrogens is 1. The van der Waals surface area contributed by atoms with E-state index in [0.717, 1.165) is 36.9 Å². The van der Waals surface area contributed by atoms with E-state index in [2.05, 4.69) is 56.5 Å². The summed E-state index contributed by atoms with van der Waals surface area (Å²) in [5.74, 6) is 1.82. The zero-order chi connectivity index (χ0) is 27.4. The summed E-state index contributed by atoms with van der Waals surface area (Å²) in [4.78, 5) is 22.0. The fourth-order valence-corrected chi connectivity index (χ4v) is 6.44. The second kappa shape index (κ2) is 15.1. The molecule has 2 aromatic carbocycles. The zero-order valence-corrected chi connectivity index (χ0v) is 24.0. The van der Waals surface area contributed by atoms with Crippen LogP contribution in [0.5, 0.6) is 0 Å². The van der Waals surface area contributed by atoms with Crippen LogP contribution in [-0.2, 0) is 19.5 Å². The van der Waals surface area contributed by atoms with Gasteiger partial charge in [-0.3, -0.25) is 19.6 Å². The smallest absolute Gasteiger partial charge is 0.251 e. The summed E-state index contributed by atoms with van der Waals surface area (Å²) in [5, 5.41) is 3.08. The predicted octanol–water partition coefficient (Wildman–Crippen LogP) is 6.35. The minimum Gasteiger partial charge on any atom is -0.352 e. The molecule has 212 valence electrons. The number of benzene rings is 2. The monoisotopic (exact) mass is 538 g/mol. The molecule has 2 aliphatic heterocycles. The van der Waals surface area contributed by atoms with Crippen molar-refractivity contribution in [1.82, 2.24) is 20.1 Å². The molecule has 3 heterocycles. The molecule has 1 amide bonds. The van der Waals surface area contributed by atoms with E-state index in [1.165, 1.54) is 87.8 Å². The van der Waals surface area contributed by atoms with Crippen molar-refractivity contribution in [3.63, 3.8) is 0 Å². The lowest BCUT2D eigenvalue weighted by atomic mass is 9.86. The van der Waals surface area contributed by atoms with Crippen molar-refractivity contribution in [2.45, 2.75) is 64.5 Å². The lowest BCUT2D eigenvalue weighted by Crippen LogP contribution is -2.34. The highest BCUT2D eigenvalue weighted by molar-refractivity contribution is 5.94. The van der Waals surface area contributed by atoms with Gasteiger partial charge in [0.2, 0.25) is 0 Å². The average Bonchev–Trinajstić information content (AvgIpc) is 3.00. The number of carbonyl (C=O) groups is 1. The number of hydrogen-bond acceptors (Lipinski definition) is 4. The number of nitrogens with one attached hydrogen (secondary N) is 1. The van der Waals surface area contributed by atoms with Crippen molar-refractivity contribution in [2.75, 3.05) is 32.7 Å². The van der Waals surface area contributed by atoms with Crippen LogP contribution in [0, 0.1) is 11.8 Å². The molecule has 2 fully saturated rings. The number of hydrogen-bond donors (Lipinski definition) is 1. The fourth-order valence-electron chi connectivity index (χ4n) is 6.44. The summed E-state index contributed by atoms with van der Waals surface area (Å²) >= 11 is 0. The lowest BCUT2D eigenvalue weighted by molar-refractivity contribution is 0.0954. The van der Waals surface area contributed by atoms with Gasteiger partial charge < -0.3 is 5.32 Å². The SMILES string of the molecule is O=C(NCCc1ccccc1)c1cccc(CN2CCC(CCCC3CCN(Cc4ccncc4)CC3)CC2)c1. The molecule has 1 aromatic heterocycles. The van der Waals surface area contributed by atoms with Gasteiger partial charge in [-0.2, -0.15) is 0 Å². The van der Waals surface area contributed by atoms with Gasteiger partial charge in [-0.1, -0.05) is 61.7 Å². The molecule has 0 atom stereocenters.